The Morgan fingerprint density at radius 3 is 2.43 bits per heavy atom. The Morgan fingerprint density at radius 2 is 1.90 bits per heavy atom. The third-order valence-electron chi connectivity index (χ3n) is 4.46. The maximum atomic E-state index is 12.3. The molecule has 0 N–H and O–H groups in total. The highest BCUT2D eigenvalue weighted by Crippen LogP contribution is 2.55. The van der Waals surface area contributed by atoms with Crippen molar-refractivity contribution in [2.24, 2.45) is 11.3 Å². The second-order valence-corrected chi connectivity index (χ2v) is 7.38. The monoisotopic (exact) mass is 291 g/mol. The van der Waals surface area contributed by atoms with Crippen molar-refractivity contribution in [3.8, 4) is 0 Å². The van der Waals surface area contributed by atoms with Crippen LogP contribution < -0.4 is 0 Å². The van der Waals surface area contributed by atoms with Crippen LogP contribution in [0.2, 0.25) is 0 Å². The van der Waals surface area contributed by atoms with Gasteiger partial charge in [-0.25, -0.2) is 0 Å². The fraction of sp³-hybridized carbons (Fsp3) is 0.737. The van der Waals surface area contributed by atoms with E-state index in [0.717, 1.165) is 25.1 Å². The maximum Gasteiger partial charge on any atom is 0.246 e. The van der Waals surface area contributed by atoms with E-state index in [4.69, 9.17) is 0 Å². The van der Waals surface area contributed by atoms with Gasteiger partial charge in [-0.3, -0.25) is 4.79 Å². The number of allylic oxidation sites excluding steroid dienone is 3. The van der Waals surface area contributed by atoms with Crippen LogP contribution in [0, 0.1) is 11.3 Å². The van der Waals surface area contributed by atoms with Crippen LogP contribution >= 0.6 is 0 Å². The molecule has 0 radical (unpaired) electrons. The second-order valence-electron chi connectivity index (χ2n) is 7.38. The van der Waals surface area contributed by atoms with Crippen LogP contribution in [0.4, 0.5) is 0 Å². The topological polar surface area (TPSA) is 20.3 Å². The molecule has 1 aliphatic rings. The third kappa shape index (κ3) is 6.07. The number of hydrogen-bond acceptors (Lipinski definition) is 1. The summed E-state index contributed by atoms with van der Waals surface area (Å²) in [6.45, 7) is 14.6. The van der Waals surface area contributed by atoms with Gasteiger partial charge >= 0.3 is 0 Å². The number of hydrogen-bond donors (Lipinski definition) is 0. The first-order valence-corrected chi connectivity index (χ1v) is 8.35. The SMILES string of the molecule is CCCN(CC1CC1(C)CCC=C(C)C)C(=O)C=C(C)C. The zero-order valence-electron chi connectivity index (χ0n) is 14.8. The summed E-state index contributed by atoms with van der Waals surface area (Å²) in [7, 11) is 0. The van der Waals surface area contributed by atoms with Crippen LogP contribution in [0.5, 0.6) is 0 Å². The first-order chi connectivity index (χ1) is 9.78. The molecule has 2 atom stereocenters. The van der Waals surface area contributed by atoms with Gasteiger partial charge in [-0.1, -0.05) is 31.1 Å². The second kappa shape index (κ2) is 7.82. The van der Waals surface area contributed by atoms with Crippen molar-refractivity contribution < 1.29 is 4.79 Å². The number of amides is 1. The van der Waals surface area contributed by atoms with Crippen LogP contribution in [0.1, 0.15) is 67.2 Å². The Labute approximate surface area is 131 Å². The molecule has 2 nitrogen and oxygen atoms in total. The summed E-state index contributed by atoms with van der Waals surface area (Å²) in [5.41, 5.74) is 2.94. The van der Waals surface area contributed by atoms with Gasteiger partial charge in [0.1, 0.15) is 0 Å². The molecule has 0 aromatic rings. The van der Waals surface area contributed by atoms with Gasteiger partial charge in [-0.15, -0.1) is 0 Å². The first-order valence-electron chi connectivity index (χ1n) is 8.35. The lowest BCUT2D eigenvalue weighted by Gasteiger charge is -2.22. The van der Waals surface area contributed by atoms with Gasteiger partial charge in [-0.2, -0.15) is 0 Å². The van der Waals surface area contributed by atoms with Gasteiger partial charge in [-0.05, 0) is 64.7 Å². The van der Waals surface area contributed by atoms with E-state index < -0.39 is 0 Å². The van der Waals surface area contributed by atoms with Gasteiger partial charge in [0, 0.05) is 19.2 Å². The molecule has 120 valence electrons. The average Bonchev–Trinajstić information content (AvgIpc) is 2.97. The van der Waals surface area contributed by atoms with E-state index in [9.17, 15) is 4.79 Å². The Bertz CT molecular complexity index is 413. The molecule has 0 spiro atoms. The minimum Gasteiger partial charge on any atom is -0.339 e. The molecule has 0 bridgehead atoms. The Hall–Kier alpha value is -1.05. The highest BCUT2D eigenvalue weighted by atomic mass is 16.2. The lowest BCUT2D eigenvalue weighted by Crippen LogP contribution is -2.33. The van der Waals surface area contributed by atoms with E-state index in [2.05, 4.69) is 33.8 Å². The molecule has 1 saturated carbocycles. The van der Waals surface area contributed by atoms with Crippen molar-refractivity contribution in [2.45, 2.75) is 67.2 Å². The Kier molecular flexibility index (Phi) is 6.70. The molecular weight excluding hydrogens is 258 g/mol. The van der Waals surface area contributed by atoms with Crippen LogP contribution in [0.15, 0.2) is 23.3 Å². The van der Waals surface area contributed by atoms with E-state index in [1.807, 2.05) is 18.7 Å². The predicted octanol–water partition coefficient (Wildman–Crippen LogP) is 4.96. The molecule has 1 fully saturated rings. The van der Waals surface area contributed by atoms with Crippen molar-refractivity contribution in [3.63, 3.8) is 0 Å². The van der Waals surface area contributed by atoms with Crippen LogP contribution in [-0.2, 0) is 4.79 Å². The maximum absolute atomic E-state index is 12.3. The molecule has 21 heavy (non-hydrogen) atoms. The normalized spacial score (nSPS) is 23.4. The van der Waals surface area contributed by atoms with E-state index in [0.29, 0.717) is 11.3 Å². The fourth-order valence-electron chi connectivity index (χ4n) is 2.95. The summed E-state index contributed by atoms with van der Waals surface area (Å²) in [5.74, 6) is 0.875. The van der Waals surface area contributed by atoms with E-state index in [-0.39, 0.29) is 5.91 Å². The van der Waals surface area contributed by atoms with Crippen LogP contribution in [0.25, 0.3) is 0 Å². The molecule has 2 heteroatoms. The van der Waals surface area contributed by atoms with E-state index >= 15 is 0 Å². The van der Waals surface area contributed by atoms with Crippen molar-refractivity contribution >= 4 is 5.91 Å². The van der Waals surface area contributed by atoms with Crippen molar-refractivity contribution in [1.82, 2.24) is 4.90 Å². The number of carbonyl (C=O) groups is 1. The Balaban J connectivity index is 2.52. The minimum absolute atomic E-state index is 0.190. The summed E-state index contributed by atoms with van der Waals surface area (Å²) in [4.78, 5) is 14.3. The van der Waals surface area contributed by atoms with Crippen LogP contribution in [-0.4, -0.2) is 23.9 Å². The van der Waals surface area contributed by atoms with Gasteiger partial charge < -0.3 is 4.90 Å². The summed E-state index contributed by atoms with van der Waals surface area (Å²) in [5, 5.41) is 0. The van der Waals surface area contributed by atoms with Gasteiger partial charge in [0.2, 0.25) is 5.91 Å². The molecule has 0 heterocycles. The molecule has 0 aliphatic heterocycles. The highest BCUT2D eigenvalue weighted by Gasteiger charge is 2.49. The van der Waals surface area contributed by atoms with Gasteiger partial charge in [0.05, 0.1) is 0 Å². The van der Waals surface area contributed by atoms with E-state index in [1.54, 1.807) is 6.08 Å². The molecule has 0 aromatic heterocycles. The third-order valence-corrected chi connectivity index (χ3v) is 4.46. The molecular formula is C19H33NO. The predicted molar refractivity (Wildman–Crippen MR) is 91.2 cm³/mol. The van der Waals surface area contributed by atoms with Gasteiger partial charge in [0.25, 0.3) is 0 Å². The summed E-state index contributed by atoms with van der Waals surface area (Å²) in [6.07, 6.45) is 8.83. The Morgan fingerprint density at radius 1 is 1.24 bits per heavy atom. The molecule has 1 rings (SSSR count). The zero-order chi connectivity index (χ0) is 16.0. The van der Waals surface area contributed by atoms with Crippen LogP contribution in [0.3, 0.4) is 0 Å². The molecule has 1 aliphatic carbocycles. The summed E-state index contributed by atoms with van der Waals surface area (Å²) < 4.78 is 0. The molecule has 0 saturated heterocycles. The van der Waals surface area contributed by atoms with Crippen molar-refractivity contribution in [1.29, 1.82) is 0 Å². The van der Waals surface area contributed by atoms with Gasteiger partial charge in [0.15, 0.2) is 0 Å². The summed E-state index contributed by atoms with van der Waals surface area (Å²) in [6, 6.07) is 0. The fourth-order valence-corrected chi connectivity index (χ4v) is 2.95. The first kappa shape index (κ1) is 18.0. The number of rotatable bonds is 8. The minimum atomic E-state index is 0.190. The quantitative estimate of drug-likeness (QED) is 0.457. The zero-order valence-corrected chi connectivity index (χ0v) is 14.8. The standard InChI is InChI=1S/C19H33NO/c1-7-11-20(18(21)12-16(4)5)14-17-13-19(17,6)10-8-9-15(2)3/h9,12,17H,7-8,10-11,13-14H2,1-6H3. The smallest absolute Gasteiger partial charge is 0.246 e. The molecule has 2 unspecified atom stereocenters. The average molecular weight is 291 g/mol. The number of nitrogens with zero attached hydrogens (tertiary/aromatic N) is 1. The number of carbonyl (C=O) groups excluding carboxylic acids is 1. The lowest BCUT2D eigenvalue weighted by molar-refractivity contribution is -0.126. The largest absolute Gasteiger partial charge is 0.339 e. The molecule has 0 aromatic carbocycles. The lowest BCUT2D eigenvalue weighted by atomic mass is 9.98. The van der Waals surface area contributed by atoms with E-state index in [1.165, 1.54) is 24.8 Å². The van der Waals surface area contributed by atoms with Crippen molar-refractivity contribution in [2.75, 3.05) is 13.1 Å². The molecule has 1 amide bonds. The summed E-state index contributed by atoms with van der Waals surface area (Å²) >= 11 is 0. The highest BCUT2D eigenvalue weighted by molar-refractivity contribution is 5.88. The van der Waals surface area contributed by atoms with Crippen molar-refractivity contribution in [3.05, 3.63) is 23.3 Å².